The van der Waals surface area contributed by atoms with Gasteiger partial charge < -0.3 is 14.4 Å². The zero-order valence-corrected chi connectivity index (χ0v) is 19.1. The predicted molar refractivity (Wildman–Crippen MR) is 126 cm³/mol. The minimum Gasteiger partial charge on any atom is -0.493 e. The van der Waals surface area contributed by atoms with E-state index in [0.717, 1.165) is 24.1 Å². The van der Waals surface area contributed by atoms with Crippen LogP contribution >= 0.6 is 0 Å². The van der Waals surface area contributed by atoms with Gasteiger partial charge in [0.1, 0.15) is 0 Å². The van der Waals surface area contributed by atoms with E-state index in [2.05, 4.69) is 19.1 Å². The molecule has 6 heteroatoms. The fourth-order valence-corrected chi connectivity index (χ4v) is 5.08. The van der Waals surface area contributed by atoms with Gasteiger partial charge in [-0.05, 0) is 42.7 Å². The first-order chi connectivity index (χ1) is 16.0. The Morgan fingerprint density at radius 1 is 1.15 bits per heavy atom. The number of carbonyl (C=O) groups excluding carboxylic acids is 1. The van der Waals surface area contributed by atoms with Gasteiger partial charge in [-0.15, -0.1) is 0 Å². The summed E-state index contributed by atoms with van der Waals surface area (Å²) in [6.07, 6.45) is 5.76. The van der Waals surface area contributed by atoms with Crippen molar-refractivity contribution in [2.45, 2.75) is 44.7 Å². The molecule has 0 unspecified atom stereocenters. The molecule has 2 aromatic rings. The number of ether oxygens (including phenoxy) is 2. The third-order valence-electron chi connectivity index (χ3n) is 6.63. The van der Waals surface area contributed by atoms with Crippen LogP contribution in [0.1, 0.15) is 43.7 Å². The lowest BCUT2D eigenvalue weighted by Gasteiger charge is -2.35. The first kappa shape index (κ1) is 22.4. The second-order valence-electron chi connectivity index (χ2n) is 8.51. The fourth-order valence-electron chi connectivity index (χ4n) is 5.08. The minimum absolute atomic E-state index is 0.0929. The smallest absolute Gasteiger partial charge is 0.176 e. The number of benzene rings is 2. The molecule has 3 atom stereocenters. The quantitative estimate of drug-likeness (QED) is 0.570. The second kappa shape index (κ2) is 9.00. The summed E-state index contributed by atoms with van der Waals surface area (Å²) in [6, 6.07) is 16.6. The Bertz CT molecular complexity index is 1160. The minimum atomic E-state index is -1.45. The molecule has 33 heavy (non-hydrogen) atoms. The molecule has 0 saturated carbocycles. The van der Waals surface area contributed by atoms with Crippen molar-refractivity contribution in [2.24, 2.45) is 5.41 Å². The second-order valence-corrected chi connectivity index (χ2v) is 8.51. The monoisotopic (exact) mass is 441 g/mol. The van der Waals surface area contributed by atoms with Crippen molar-refractivity contribution in [1.29, 1.82) is 10.5 Å². The van der Waals surface area contributed by atoms with Gasteiger partial charge in [0.15, 0.2) is 22.7 Å². The number of unbranched alkanes of at least 4 members (excludes halogenated alkanes) is 1. The van der Waals surface area contributed by atoms with Crippen LogP contribution in [0, 0.1) is 28.1 Å². The molecule has 168 valence electrons. The van der Waals surface area contributed by atoms with E-state index in [0.29, 0.717) is 23.7 Å². The third kappa shape index (κ3) is 3.52. The summed E-state index contributed by atoms with van der Waals surface area (Å²) in [6.45, 7) is 4.19. The SMILES string of the molecule is CCCCOc1ccc([C@@H]2[C@H](C(C)=O)N3c4ccccc4C=C[C@@H]3C2(C#N)C#N)cc1OC. The van der Waals surface area contributed by atoms with Crippen LogP contribution in [0.2, 0.25) is 0 Å². The van der Waals surface area contributed by atoms with Gasteiger partial charge in [-0.25, -0.2) is 0 Å². The summed E-state index contributed by atoms with van der Waals surface area (Å²) < 4.78 is 11.4. The molecular formula is C27H27N3O3. The van der Waals surface area contributed by atoms with Crippen molar-refractivity contribution in [1.82, 2.24) is 0 Å². The highest BCUT2D eigenvalue weighted by Crippen LogP contribution is 2.55. The highest BCUT2D eigenvalue weighted by atomic mass is 16.5. The summed E-state index contributed by atoms with van der Waals surface area (Å²) in [7, 11) is 1.56. The summed E-state index contributed by atoms with van der Waals surface area (Å²) in [5.74, 6) is 0.375. The lowest BCUT2D eigenvalue weighted by atomic mass is 9.69. The molecular weight excluding hydrogens is 414 g/mol. The molecule has 2 aromatic carbocycles. The first-order valence-electron chi connectivity index (χ1n) is 11.2. The average Bonchev–Trinajstić information content (AvgIpc) is 3.15. The van der Waals surface area contributed by atoms with Crippen molar-refractivity contribution in [3.63, 3.8) is 0 Å². The van der Waals surface area contributed by atoms with Crippen LogP contribution in [0.25, 0.3) is 6.08 Å². The molecule has 1 saturated heterocycles. The Hall–Kier alpha value is -3.77. The largest absolute Gasteiger partial charge is 0.493 e. The molecule has 0 radical (unpaired) electrons. The van der Waals surface area contributed by atoms with Gasteiger partial charge in [0.05, 0.1) is 37.9 Å². The highest BCUT2D eigenvalue weighted by molar-refractivity contribution is 5.91. The Morgan fingerprint density at radius 3 is 2.58 bits per heavy atom. The summed E-state index contributed by atoms with van der Waals surface area (Å²) in [5.41, 5.74) is 1.07. The van der Waals surface area contributed by atoms with Crippen LogP contribution in [-0.2, 0) is 4.79 Å². The molecule has 4 rings (SSSR count). The number of hydrogen-bond acceptors (Lipinski definition) is 6. The zero-order chi connectivity index (χ0) is 23.6. The standard InChI is InChI=1S/C27H27N3O3/c1-4-5-14-33-22-12-10-20(15-23(22)32-3)25-26(18(2)31)30-21-9-7-6-8-19(21)11-13-24(30)27(25,16-28)17-29/h6-13,15,24-26H,4-5,14H2,1-3H3/t24-,25-,26+/m1/s1. The van der Waals surface area contributed by atoms with Crippen molar-refractivity contribution in [3.05, 3.63) is 59.7 Å². The molecule has 2 heterocycles. The number of nitrogens with zero attached hydrogens (tertiary/aromatic N) is 3. The number of ketones is 1. The number of Topliss-reactive ketones (excluding diaryl/α,β-unsaturated/α-hetero) is 1. The first-order valence-corrected chi connectivity index (χ1v) is 11.2. The zero-order valence-electron chi connectivity index (χ0n) is 19.1. The lowest BCUT2D eigenvalue weighted by molar-refractivity contribution is -0.118. The van der Waals surface area contributed by atoms with Crippen LogP contribution in [-0.4, -0.2) is 31.6 Å². The van der Waals surface area contributed by atoms with Gasteiger partial charge in [0.2, 0.25) is 0 Å². The molecule has 0 spiro atoms. The van der Waals surface area contributed by atoms with Crippen LogP contribution in [0.3, 0.4) is 0 Å². The molecule has 0 aliphatic carbocycles. The van der Waals surface area contributed by atoms with Crippen LogP contribution in [0.15, 0.2) is 48.5 Å². The average molecular weight is 442 g/mol. The maximum absolute atomic E-state index is 13.1. The predicted octanol–water partition coefficient (Wildman–Crippen LogP) is 4.86. The van der Waals surface area contributed by atoms with Crippen molar-refractivity contribution >= 4 is 17.5 Å². The normalized spacial score (nSPS) is 22.0. The van der Waals surface area contributed by atoms with Crippen LogP contribution < -0.4 is 14.4 Å². The van der Waals surface area contributed by atoms with E-state index in [1.54, 1.807) is 13.2 Å². The summed E-state index contributed by atoms with van der Waals surface area (Å²) in [5, 5.41) is 20.7. The van der Waals surface area contributed by atoms with Gasteiger partial charge in [0, 0.05) is 11.6 Å². The molecule has 6 nitrogen and oxygen atoms in total. The lowest BCUT2D eigenvalue weighted by Crippen LogP contribution is -2.43. The van der Waals surface area contributed by atoms with Gasteiger partial charge in [-0.1, -0.05) is 49.8 Å². The Balaban J connectivity index is 1.87. The number of fused-ring (bicyclic) bond motifs is 3. The number of rotatable bonds is 7. The number of nitriles is 2. The number of para-hydroxylation sites is 1. The van der Waals surface area contributed by atoms with Crippen LogP contribution in [0.4, 0.5) is 5.69 Å². The van der Waals surface area contributed by atoms with Gasteiger partial charge in [-0.2, -0.15) is 10.5 Å². The van der Waals surface area contributed by atoms with Crippen molar-refractivity contribution < 1.29 is 14.3 Å². The van der Waals surface area contributed by atoms with Gasteiger partial charge in [0.25, 0.3) is 0 Å². The Kier molecular flexibility index (Phi) is 6.11. The maximum Gasteiger partial charge on any atom is 0.176 e. The maximum atomic E-state index is 13.1. The van der Waals surface area contributed by atoms with Gasteiger partial charge in [-0.3, -0.25) is 4.79 Å². The molecule has 2 aliphatic heterocycles. The van der Waals surface area contributed by atoms with E-state index in [4.69, 9.17) is 9.47 Å². The topological polar surface area (TPSA) is 86.4 Å². The molecule has 0 N–H and O–H groups in total. The number of anilines is 1. The van der Waals surface area contributed by atoms with Crippen LogP contribution in [0.5, 0.6) is 11.5 Å². The Morgan fingerprint density at radius 2 is 1.91 bits per heavy atom. The molecule has 0 amide bonds. The molecule has 1 fully saturated rings. The number of carbonyl (C=O) groups is 1. The highest BCUT2D eigenvalue weighted by Gasteiger charge is 2.62. The molecule has 0 aromatic heterocycles. The summed E-state index contributed by atoms with van der Waals surface area (Å²) in [4.78, 5) is 15.0. The van der Waals surface area contributed by atoms with E-state index in [9.17, 15) is 15.3 Å². The van der Waals surface area contributed by atoms with E-state index in [-0.39, 0.29) is 5.78 Å². The number of methoxy groups -OCH3 is 1. The van der Waals surface area contributed by atoms with E-state index >= 15 is 0 Å². The third-order valence-corrected chi connectivity index (χ3v) is 6.63. The van der Waals surface area contributed by atoms with E-state index in [1.165, 1.54) is 6.92 Å². The molecule has 2 aliphatic rings. The molecule has 0 bridgehead atoms. The van der Waals surface area contributed by atoms with E-state index in [1.807, 2.05) is 53.5 Å². The Labute approximate surface area is 194 Å². The number of hydrogen-bond donors (Lipinski definition) is 0. The fraction of sp³-hybridized carbons (Fsp3) is 0.370. The van der Waals surface area contributed by atoms with Gasteiger partial charge >= 0.3 is 0 Å². The summed E-state index contributed by atoms with van der Waals surface area (Å²) >= 11 is 0. The van der Waals surface area contributed by atoms with Crippen molar-refractivity contribution in [3.8, 4) is 23.6 Å². The van der Waals surface area contributed by atoms with E-state index < -0.39 is 23.4 Å². The van der Waals surface area contributed by atoms with Crippen molar-refractivity contribution in [2.75, 3.05) is 18.6 Å².